The Balaban J connectivity index is 1.56. The Morgan fingerprint density at radius 1 is 1.06 bits per heavy atom. The summed E-state index contributed by atoms with van der Waals surface area (Å²) >= 11 is 0. The number of pyridine rings is 1. The van der Waals surface area contributed by atoms with Gasteiger partial charge >= 0.3 is 0 Å². The zero-order chi connectivity index (χ0) is 22.7. The molecule has 0 saturated carbocycles. The van der Waals surface area contributed by atoms with Gasteiger partial charge in [0.05, 0.1) is 11.4 Å². The van der Waals surface area contributed by atoms with E-state index in [4.69, 9.17) is 0 Å². The number of hydrogen-bond donors (Lipinski definition) is 1. The van der Waals surface area contributed by atoms with Crippen LogP contribution in [0.2, 0.25) is 0 Å². The van der Waals surface area contributed by atoms with Gasteiger partial charge in [-0.3, -0.25) is 19.5 Å². The van der Waals surface area contributed by atoms with Crippen molar-refractivity contribution in [3.63, 3.8) is 0 Å². The Morgan fingerprint density at radius 3 is 2.53 bits per heavy atom. The van der Waals surface area contributed by atoms with Crippen molar-refractivity contribution in [2.45, 2.75) is 25.9 Å². The van der Waals surface area contributed by atoms with E-state index in [0.29, 0.717) is 6.54 Å². The molecule has 1 aliphatic heterocycles. The molecule has 1 saturated heterocycles. The molecule has 2 aromatic carbocycles. The standard InChI is InChI=1S/C26H30N4O2/c1-18(31)28-14-19-9-11-20(12-10-19)23-16-30(17-24(23)26(32)29(2)3)15-22-7-4-6-21-8-5-13-27-25(21)22/h4-13,23-24H,14-17H2,1-3H3,(H,28,31)/t23-,24+/m1/s1. The molecule has 0 bridgehead atoms. The van der Waals surface area contributed by atoms with E-state index in [1.165, 1.54) is 12.5 Å². The molecule has 0 spiro atoms. The van der Waals surface area contributed by atoms with Crippen molar-refractivity contribution in [2.24, 2.45) is 5.92 Å². The fourth-order valence-corrected chi connectivity index (χ4v) is 4.58. The predicted molar refractivity (Wildman–Crippen MR) is 126 cm³/mol. The molecule has 1 aromatic heterocycles. The number of nitrogens with one attached hydrogen (secondary N) is 1. The van der Waals surface area contributed by atoms with Gasteiger partial charge in [0.1, 0.15) is 0 Å². The Hall–Kier alpha value is -3.25. The molecule has 1 N–H and O–H groups in total. The number of likely N-dealkylation sites (tertiary alicyclic amines) is 1. The van der Waals surface area contributed by atoms with Crippen LogP contribution in [-0.4, -0.2) is 53.8 Å². The molecule has 0 radical (unpaired) electrons. The highest BCUT2D eigenvalue weighted by Crippen LogP contribution is 2.35. The average Bonchev–Trinajstić information content (AvgIpc) is 3.21. The summed E-state index contributed by atoms with van der Waals surface area (Å²) in [6, 6.07) is 18.6. The van der Waals surface area contributed by atoms with Crippen LogP contribution in [0.3, 0.4) is 0 Å². The molecule has 1 fully saturated rings. The monoisotopic (exact) mass is 430 g/mol. The molecule has 1 aliphatic rings. The van der Waals surface area contributed by atoms with Crippen LogP contribution in [0.4, 0.5) is 0 Å². The molecular formula is C26H30N4O2. The molecule has 0 unspecified atom stereocenters. The maximum absolute atomic E-state index is 13.0. The lowest BCUT2D eigenvalue weighted by atomic mass is 9.87. The summed E-state index contributed by atoms with van der Waals surface area (Å²) in [5, 5.41) is 3.96. The fourth-order valence-electron chi connectivity index (χ4n) is 4.58. The highest BCUT2D eigenvalue weighted by atomic mass is 16.2. The summed E-state index contributed by atoms with van der Waals surface area (Å²) in [6.07, 6.45) is 1.83. The third-order valence-corrected chi connectivity index (χ3v) is 6.21. The summed E-state index contributed by atoms with van der Waals surface area (Å²) in [4.78, 5) is 32.9. The van der Waals surface area contributed by atoms with Gasteiger partial charge in [-0.2, -0.15) is 0 Å². The zero-order valence-corrected chi connectivity index (χ0v) is 18.9. The molecule has 6 nitrogen and oxygen atoms in total. The number of aromatic nitrogens is 1. The van der Waals surface area contributed by atoms with Crippen LogP contribution < -0.4 is 5.32 Å². The number of nitrogens with zero attached hydrogens (tertiary/aromatic N) is 3. The number of carbonyl (C=O) groups is 2. The minimum Gasteiger partial charge on any atom is -0.352 e. The molecule has 2 heterocycles. The maximum atomic E-state index is 13.0. The molecule has 32 heavy (non-hydrogen) atoms. The number of hydrogen-bond acceptors (Lipinski definition) is 4. The number of benzene rings is 2. The Bertz CT molecular complexity index is 1110. The highest BCUT2D eigenvalue weighted by molar-refractivity contribution is 5.82. The van der Waals surface area contributed by atoms with E-state index in [1.54, 1.807) is 4.90 Å². The maximum Gasteiger partial charge on any atom is 0.227 e. The van der Waals surface area contributed by atoms with Gasteiger partial charge in [0.2, 0.25) is 11.8 Å². The normalized spacial score (nSPS) is 18.6. The molecule has 6 heteroatoms. The second-order valence-electron chi connectivity index (χ2n) is 8.78. The van der Waals surface area contributed by atoms with Gasteiger partial charge in [0.25, 0.3) is 0 Å². The Morgan fingerprint density at radius 2 is 1.81 bits per heavy atom. The molecule has 3 aromatic rings. The van der Waals surface area contributed by atoms with Crippen LogP contribution in [-0.2, 0) is 22.7 Å². The first kappa shape index (κ1) is 22.0. The van der Waals surface area contributed by atoms with E-state index in [2.05, 4.69) is 51.6 Å². The number of rotatable bonds is 6. The lowest BCUT2D eigenvalue weighted by Gasteiger charge is -2.22. The van der Waals surface area contributed by atoms with Crippen molar-refractivity contribution in [1.29, 1.82) is 0 Å². The average molecular weight is 431 g/mol. The Labute approximate surface area is 189 Å². The van der Waals surface area contributed by atoms with Gasteiger partial charge in [0, 0.05) is 64.7 Å². The first-order valence-electron chi connectivity index (χ1n) is 11.0. The molecule has 0 aliphatic carbocycles. The zero-order valence-electron chi connectivity index (χ0n) is 18.9. The topological polar surface area (TPSA) is 65.5 Å². The summed E-state index contributed by atoms with van der Waals surface area (Å²) in [5.74, 6) is 0.160. The van der Waals surface area contributed by atoms with Gasteiger partial charge in [-0.25, -0.2) is 0 Å². The minimum absolute atomic E-state index is 0.0416. The van der Waals surface area contributed by atoms with Crippen molar-refractivity contribution >= 4 is 22.7 Å². The largest absolute Gasteiger partial charge is 0.352 e. The molecular weight excluding hydrogens is 400 g/mol. The summed E-state index contributed by atoms with van der Waals surface area (Å²) in [6.45, 7) is 4.34. The molecule has 2 amide bonds. The lowest BCUT2D eigenvalue weighted by Crippen LogP contribution is -2.33. The van der Waals surface area contributed by atoms with Crippen molar-refractivity contribution in [2.75, 3.05) is 27.2 Å². The first-order valence-corrected chi connectivity index (χ1v) is 11.0. The molecule has 4 rings (SSSR count). The first-order chi connectivity index (χ1) is 15.4. The van der Waals surface area contributed by atoms with E-state index in [9.17, 15) is 9.59 Å². The predicted octanol–water partition coefficient (Wildman–Crippen LogP) is 3.17. The number of amides is 2. The number of carbonyl (C=O) groups excluding carboxylic acids is 2. The van der Waals surface area contributed by atoms with Crippen LogP contribution in [0, 0.1) is 5.92 Å². The van der Waals surface area contributed by atoms with Crippen LogP contribution in [0.1, 0.15) is 29.5 Å². The van der Waals surface area contributed by atoms with E-state index < -0.39 is 0 Å². The second kappa shape index (κ2) is 9.49. The van der Waals surface area contributed by atoms with Crippen LogP contribution in [0.5, 0.6) is 0 Å². The quantitative estimate of drug-likeness (QED) is 0.652. The molecule has 166 valence electrons. The van der Waals surface area contributed by atoms with Gasteiger partial charge in [-0.1, -0.05) is 48.5 Å². The third-order valence-electron chi connectivity index (χ3n) is 6.21. The van der Waals surface area contributed by atoms with Gasteiger partial charge in [-0.05, 0) is 22.8 Å². The summed E-state index contributed by atoms with van der Waals surface area (Å²) in [7, 11) is 3.65. The van der Waals surface area contributed by atoms with Gasteiger partial charge in [0.15, 0.2) is 0 Å². The Kier molecular flexibility index (Phi) is 6.51. The minimum atomic E-state index is -0.0888. The van der Waals surface area contributed by atoms with Gasteiger partial charge < -0.3 is 10.2 Å². The van der Waals surface area contributed by atoms with Crippen LogP contribution in [0.25, 0.3) is 10.9 Å². The van der Waals surface area contributed by atoms with E-state index in [1.807, 2.05) is 38.5 Å². The van der Waals surface area contributed by atoms with Crippen molar-refractivity contribution in [3.05, 3.63) is 77.5 Å². The van der Waals surface area contributed by atoms with E-state index >= 15 is 0 Å². The fraction of sp³-hybridized carbons (Fsp3) is 0.346. The SMILES string of the molecule is CC(=O)NCc1ccc([C@H]2CN(Cc3cccc4cccnc34)C[C@@H]2C(=O)N(C)C)cc1. The van der Waals surface area contributed by atoms with Crippen molar-refractivity contribution in [3.8, 4) is 0 Å². The molecule has 2 atom stereocenters. The lowest BCUT2D eigenvalue weighted by molar-refractivity contribution is -0.133. The van der Waals surface area contributed by atoms with E-state index in [-0.39, 0.29) is 23.7 Å². The van der Waals surface area contributed by atoms with Crippen molar-refractivity contribution in [1.82, 2.24) is 20.1 Å². The summed E-state index contributed by atoms with van der Waals surface area (Å²) < 4.78 is 0. The van der Waals surface area contributed by atoms with Gasteiger partial charge in [-0.15, -0.1) is 0 Å². The number of fused-ring (bicyclic) bond motifs is 1. The van der Waals surface area contributed by atoms with E-state index in [0.717, 1.165) is 41.7 Å². The second-order valence-corrected chi connectivity index (χ2v) is 8.78. The number of para-hydroxylation sites is 1. The van der Waals surface area contributed by atoms with Crippen molar-refractivity contribution < 1.29 is 9.59 Å². The smallest absolute Gasteiger partial charge is 0.227 e. The third kappa shape index (κ3) is 4.81. The van der Waals surface area contributed by atoms with Crippen LogP contribution >= 0.6 is 0 Å². The van der Waals surface area contributed by atoms with Crippen LogP contribution in [0.15, 0.2) is 60.8 Å². The highest BCUT2D eigenvalue weighted by Gasteiger charge is 2.39. The summed E-state index contributed by atoms with van der Waals surface area (Å²) in [5.41, 5.74) is 4.42.